The molecular weight excluding hydrogens is 470 g/mol. The van der Waals surface area contributed by atoms with Crippen LogP contribution in [0.3, 0.4) is 0 Å². The molecule has 8 heteroatoms. The third kappa shape index (κ3) is 4.42. The highest BCUT2D eigenvalue weighted by Gasteiger charge is 2.22. The summed E-state index contributed by atoms with van der Waals surface area (Å²) in [7, 11) is -3.67. The molecule has 0 saturated carbocycles. The fourth-order valence-electron chi connectivity index (χ4n) is 3.98. The summed E-state index contributed by atoms with van der Waals surface area (Å²) in [5, 5.41) is 8.46. The Morgan fingerprint density at radius 2 is 1.47 bits per heavy atom. The van der Waals surface area contributed by atoms with Crippen molar-refractivity contribution in [2.45, 2.75) is 18.7 Å². The normalized spacial score (nSPS) is 12.1. The number of benzene rings is 4. The summed E-state index contributed by atoms with van der Waals surface area (Å²) < 4.78 is 26.9. The number of carbonyl (C=O) groups excluding carboxylic acids is 1. The zero-order valence-corrected chi connectivity index (χ0v) is 20.4. The van der Waals surface area contributed by atoms with Crippen molar-refractivity contribution in [3.05, 3.63) is 88.9 Å². The smallest absolute Gasteiger partial charge is 0.267 e. The lowest BCUT2D eigenvalue weighted by molar-refractivity contribution is 0.0955. The first kappa shape index (κ1) is 23.9. The molecule has 0 unspecified atom stereocenters. The summed E-state index contributed by atoms with van der Waals surface area (Å²) >= 11 is 6.64. The average molecular weight is 494 g/mol. The molecular formula is C26H24ClN3O3S. The number of hydrazone groups is 1. The molecule has 1 N–H and O–H groups in total. The lowest BCUT2D eigenvalue weighted by Gasteiger charge is -2.18. The van der Waals surface area contributed by atoms with E-state index >= 15 is 0 Å². The van der Waals surface area contributed by atoms with Gasteiger partial charge in [-0.25, -0.2) is 13.8 Å². The van der Waals surface area contributed by atoms with Crippen LogP contribution in [0.1, 0.15) is 29.8 Å². The SMILES string of the molecule is CCN(CC)S(=O)(=O)c1cccc(C(=O)N/N=C/c2c3ccccc3c(Cl)c3ccccc23)c1. The molecule has 0 bridgehead atoms. The topological polar surface area (TPSA) is 78.8 Å². The van der Waals surface area contributed by atoms with Crippen molar-refractivity contribution in [3.8, 4) is 0 Å². The number of halogens is 1. The van der Waals surface area contributed by atoms with Crippen LogP contribution in [0, 0.1) is 0 Å². The lowest BCUT2D eigenvalue weighted by Crippen LogP contribution is -2.30. The van der Waals surface area contributed by atoms with Crippen LogP contribution in [-0.4, -0.2) is 37.9 Å². The zero-order valence-electron chi connectivity index (χ0n) is 18.8. The van der Waals surface area contributed by atoms with E-state index in [1.165, 1.54) is 16.4 Å². The van der Waals surface area contributed by atoms with Gasteiger partial charge in [-0.1, -0.05) is 80.0 Å². The summed E-state index contributed by atoms with van der Waals surface area (Å²) in [6, 6.07) is 21.5. The Morgan fingerprint density at radius 3 is 2.03 bits per heavy atom. The molecule has 0 fully saturated rings. The van der Waals surface area contributed by atoms with Crippen molar-refractivity contribution < 1.29 is 13.2 Å². The minimum Gasteiger partial charge on any atom is -0.267 e. The summed E-state index contributed by atoms with van der Waals surface area (Å²) in [6.45, 7) is 4.25. The lowest BCUT2D eigenvalue weighted by atomic mass is 9.97. The van der Waals surface area contributed by atoms with Gasteiger partial charge in [-0.15, -0.1) is 0 Å². The Balaban J connectivity index is 1.65. The monoisotopic (exact) mass is 493 g/mol. The van der Waals surface area contributed by atoms with Crippen LogP contribution >= 0.6 is 11.6 Å². The molecule has 0 radical (unpaired) electrons. The van der Waals surface area contributed by atoms with E-state index in [0.29, 0.717) is 18.1 Å². The standard InChI is InChI=1S/C26H24ClN3O3S/c1-3-30(4-2)34(32,33)19-11-9-10-18(16-19)26(31)29-28-17-24-20-12-5-7-14-22(20)25(27)23-15-8-6-13-21(23)24/h5-17H,3-4H2,1-2H3,(H,29,31)/b28-17+. The van der Waals surface area contributed by atoms with E-state index in [-0.39, 0.29) is 10.5 Å². The number of nitrogens with one attached hydrogen (secondary N) is 1. The van der Waals surface area contributed by atoms with E-state index in [1.807, 2.05) is 48.5 Å². The fourth-order valence-corrected chi connectivity index (χ4v) is 5.81. The number of nitrogens with zero attached hydrogens (tertiary/aromatic N) is 2. The molecule has 4 aromatic rings. The van der Waals surface area contributed by atoms with Gasteiger partial charge < -0.3 is 0 Å². The van der Waals surface area contributed by atoms with Crippen LogP contribution in [0.2, 0.25) is 5.02 Å². The van der Waals surface area contributed by atoms with Gasteiger partial charge in [0.25, 0.3) is 5.91 Å². The maximum atomic E-state index is 12.8. The Bertz CT molecular complexity index is 1460. The Hall–Kier alpha value is -3.26. The summed E-state index contributed by atoms with van der Waals surface area (Å²) in [5.74, 6) is -0.504. The second-order valence-electron chi connectivity index (χ2n) is 7.64. The Kier molecular flexibility index (Phi) is 6.97. The molecule has 34 heavy (non-hydrogen) atoms. The van der Waals surface area contributed by atoms with Crippen molar-refractivity contribution in [3.63, 3.8) is 0 Å². The number of hydrogen-bond donors (Lipinski definition) is 1. The van der Waals surface area contributed by atoms with Crippen molar-refractivity contribution in [1.29, 1.82) is 0 Å². The van der Waals surface area contributed by atoms with E-state index < -0.39 is 15.9 Å². The van der Waals surface area contributed by atoms with Crippen molar-refractivity contribution in [2.24, 2.45) is 5.10 Å². The van der Waals surface area contributed by atoms with Crippen LogP contribution in [0.4, 0.5) is 0 Å². The van der Waals surface area contributed by atoms with E-state index in [9.17, 15) is 13.2 Å². The summed E-state index contributed by atoms with van der Waals surface area (Å²) in [6.07, 6.45) is 1.59. The Labute approximate surface area is 203 Å². The number of fused-ring (bicyclic) bond motifs is 2. The van der Waals surface area contributed by atoms with Crippen molar-refractivity contribution >= 4 is 55.3 Å². The number of carbonyl (C=O) groups is 1. The van der Waals surface area contributed by atoms with Crippen molar-refractivity contribution in [1.82, 2.24) is 9.73 Å². The van der Waals surface area contributed by atoms with Gasteiger partial charge in [-0.2, -0.15) is 9.41 Å². The second kappa shape index (κ2) is 9.93. The highest BCUT2D eigenvalue weighted by atomic mass is 35.5. The highest BCUT2D eigenvalue weighted by Crippen LogP contribution is 2.35. The molecule has 0 aliphatic heterocycles. The van der Waals surface area contributed by atoms with Crippen LogP contribution < -0.4 is 5.43 Å². The maximum absolute atomic E-state index is 12.8. The highest BCUT2D eigenvalue weighted by molar-refractivity contribution is 7.89. The van der Waals surface area contributed by atoms with Crippen LogP contribution in [-0.2, 0) is 10.0 Å². The number of hydrogen-bond acceptors (Lipinski definition) is 4. The van der Waals surface area contributed by atoms with Gasteiger partial charge in [0.2, 0.25) is 10.0 Å². The van der Waals surface area contributed by atoms with E-state index in [2.05, 4.69) is 10.5 Å². The first-order valence-electron chi connectivity index (χ1n) is 10.9. The van der Waals surface area contributed by atoms with Gasteiger partial charge in [0.1, 0.15) is 0 Å². The third-order valence-corrected chi connectivity index (χ3v) is 8.16. The van der Waals surface area contributed by atoms with E-state index in [0.717, 1.165) is 27.1 Å². The second-order valence-corrected chi connectivity index (χ2v) is 9.95. The number of sulfonamides is 1. The molecule has 0 saturated heterocycles. The number of rotatable bonds is 7. The molecule has 0 heterocycles. The molecule has 0 aliphatic carbocycles. The van der Waals surface area contributed by atoms with Crippen LogP contribution in [0.5, 0.6) is 0 Å². The van der Waals surface area contributed by atoms with Crippen LogP contribution in [0.15, 0.2) is 82.8 Å². The molecule has 0 aromatic heterocycles. The predicted octanol–water partition coefficient (Wildman–Crippen LogP) is 5.44. The molecule has 0 aliphatic rings. The minimum atomic E-state index is -3.67. The summed E-state index contributed by atoms with van der Waals surface area (Å²) in [4.78, 5) is 12.8. The van der Waals surface area contributed by atoms with Crippen molar-refractivity contribution in [2.75, 3.05) is 13.1 Å². The summed E-state index contributed by atoms with van der Waals surface area (Å²) in [5.41, 5.74) is 3.55. The molecule has 4 rings (SSSR count). The molecule has 6 nitrogen and oxygen atoms in total. The molecule has 0 atom stereocenters. The average Bonchev–Trinajstić information content (AvgIpc) is 2.86. The first-order chi connectivity index (χ1) is 16.4. The largest absolute Gasteiger partial charge is 0.271 e. The van der Waals surface area contributed by atoms with Gasteiger partial charge >= 0.3 is 0 Å². The molecule has 0 spiro atoms. The van der Waals surface area contributed by atoms with E-state index in [4.69, 9.17) is 11.6 Å². The van der Waals surface area contributed by atoms with Gasteiger partial charge in [0, 0.05) is 35.0 Å². The quantitative estimate of drug-likeness (QED) is 0.211. The third-order valence-electron chi connectivity index (χ3n) is 5.71. The molecule has 174 valence electrons. The molecule has 1 amide bonds. The zero-order chi connectivity index (χ0) is 24.3. The Morgan fingerprint density at radius 1 is 0.912 bits per heavy atom. The number of amides is 1. The predicted molar refractivity (Wildman–Crippen MR) is 138 cm³/mol. The van der Waals surface area contributed by atoms with Gasteiger partial charge in [0.05, 0.1) is 16.1 Å². The van der Waals surface area contributed by atoms with Gasteiger partial charge in [0.15, 0.2) is 0 Å². The van der Waals surface area contributed by atoms with Crippen LogP contribution in [0.25, 0.3) is 21.5 Å². The minimum absolute atomic E-state index is 0.0718. The fraction of sp³-hybridized carbons (Fsp3) is 0.154. The molecule has 4 aromatic carbocycles. The van der Waals surface area contributed by atoms with Gasteiger partial charge in [-0.3, -0.25) is 4.79 Å². The maximum Gasteiger partial charge on any atom is 0.271 e. The van der Waals surface area contributed by atoms with Gasteiger partial charge in [-0.05, 0) is 29.0 Å². The first-order valence-corrected chi connectivity index (χ1v) is 12.7. The van der Waals surface area contributed by atoms with E-state index in [1.54, 1.807) is 32.2 Å².